The van der Waals surface area contributed by atoms with Gasteiger partial charge in [0.1, 0.15) is 0 Å². The van der Waals surface area contributed by atoms with Gasteiger partial charge >= 0.3 is 0 Å². The largest absolute Gasteiger partial charge is 0.116 e. The van der Waals surface area contributed by atoms with Crippen LogP contribution in [0.5, 0.6) is 0 Å². The fraction of sp³-hybridized carbons (Fsp3) is 0.240. The summed E-state index contributed by atoms with van der Waals surface area (Å²) in [6.45, 7) is 0. The first-order valence-corrected chi connectivity index (χ1v) is 20.1. The summed E-state index contributed by atoms with van der Waals surface area (Å²) >= 11 is 2.09. The predicted octanol–water partition coefficient (Wildman–Crippen LogP) is 13.1. The molecule has 4 unspecified atom stereocenters. The van der Waals surface area contributed by atoms with Crippen LogP contribution in [0.25, 0.3) is 28.5 Å². The summed E-state index contributed by atoms with van der Waals surface area (Å²) in [5.41, 5.74) is 19.7. The minimum Gasteiger partial charge on any atom is -0.116 e. The molecule has 3 aromatic rings. The molecule has 0 aromatic heterocycles. The van der Waals surface area contributed by atoms with Crippen molar-refractivity contribution in [2.75, 3.05) is 0 Å². The zero-order valence-corrected chi connectivity index (χ0v) is 29.9. The molecule has 51 heavy (non-hydrogen) atoms. The molecule has 0 bridgehead atoms. The van der Waals surface area contributed by atoms with Gasteiger partial charge in [-0.3, -0.25) is 0 Å². The van der Waals surface area contributed by atoms with Gasteiger partial charge in [0.15, 0.2) is 0 Å². The van der Waals surface area contributed by atoms with Crippen molar-refractivity contribution in [2.45, 2.75) is 67.4 Å². The third-order valence-electron chi connectivity index (χ3n) is 12.9. The van der Waals surface area contributed by atoms with Crippen LogP contribution in [0.3, 0.4) is 0 Å². The van der Waals surface area contributed by atoms with E-state index in [-0.39, 0.29) is 0 Å². The SMILES string of the molecule is C1=CC(C2=CCCC(C3=CC=C4C=C(C5=CC=C6C=Cc7c(ccc8c7C=CCC8)C6C5)CCC4C3)=C2)C2Sc3c(ccc4ccccc34)C2=C1. The molecule has 1 heteroatoms. The molecule has 1 heterocycles. The van der Waals surface area contributed by atoms with Crippen molar-refractivity contribution < 1.29 is 0 Å². The zero-order valence-electron chi connectivity index (χ0n) is 29.1. The lowest BCUT2D eigenvalue weighted by atomic mass is 9.70. The van der Waals surface area contributed by atoms with Crippen LogP contribution in [-0.2, 0) is 6.42 Å². The van der Waals surface area contributed by atoms with Crippen molar-refractivity contribution in [1.29, 1.82) is 0 Å². The summed E-state index contributed by atoms with van der Waals surface area (Å²) in [6, 6.07) is 18.4. The average Bonchev–Trinajstić information content (AvgIpc) is 3.60. The highest BCUT2D eigenvalue weighted by atomic mass is 32.2. The first kappa shape index (κ1) is 30.1. The number of hydrogen-bond acceptors (Lipinski definition) is 1. The maximum absolute atomic E-state index is 2.58. The standard InChI is InChI=1S/C50H42S/c1-3-11-41-31(7-1)21-25-45-44(41)24-22-33-15-16-39(30-48(33)45)38-20-19-36-27-35(17-18-37(36)28-38)34-9-5-10-40(29-34)43-13-6-14-46-47-26-23-32-8-2-4-12-42(32)49(47)51-50(43)46/h2-4,6,8,10-18,21-26,28-29,36,43,48,50H,1,5,7,9,19-20,27,30H2. The molecule has 0 nitrogen and oxygen atoms in total. The quantitative estimate of drug-likeness (QED) is 0.266. The van der Waals surface area contributed by atoms with Gasteiger partial charge in [-0.05, 0) is 140 Å². The Morgan fingerprint density at radius 2 is 1.53 bits per heavy atom. The number of rotatable bonds is 3. The zero-order chi connectivity index (χ0) is 33.5. The van der Waals surface area contributed by atoms with E-state index >= 15 is 0 Å². The second-order valence-electron chi connectivity index (χ2n) is 15.6. The normalized spacial score (nSPS) is 26.8. The number of hydrogen-bond donors (Lipinski definition) is 0. The highest BCUT2D eigenvalue weighted by Gasteiger charge is 2.37. The summed E-state index contributed by atoms with van der Waals surface area (Å²) in [4.78, 5) is 1.47. The lowest BCUT2D eigenvalue weighted by molar-refractivity contribution is 0.539. The number of aryl methyl sites for hydroxylation is 1. The van der Waals surface area contributed by atoms with Crippen molar-refractivity contribution in [3.63, 3.8) is 0 Å². The Morgan fingerprint density at radius 3 is 2.51 bits per heavy atom. The maximum atomic E-state index is 2.58. The first-order chi connectivity index (χ1) is 25.2. The fourth-order valence-electron chi connectivity index (χ4n) is 10.2. The third kappa shape index (κ3) is 4.96. The van der Waals surface area contributed by atoms with Crippen LogP contribution in [0.2, 0.25) is 0 Å². The molecule has 4 atom stereocenters. The highest BCUT2D eigenvalue weighted by Crippen LogP contribution is 2.54. The summed E-state index contributed by atoms with van der Waals surface area (Å²) in [7, 11) is 0. The van der Waals surface area contributed by atoms with E-state index in [1.807, 2.05) is 0 Å². The molecular formula is C50H42S. The Hall–Kier alpha value is -4.59. The van der Waals surface area contributed by atoms with Crippen molar-refractivity contribution >= 4 is 40.3 Å². The number of thioether (sulfide) groups is 1. The van der Waals surface area contributed by atoms with Gasteiger partial charge in [0.05, 0.1) is 0 Å². The number of allylic oxidation sites excluding steroid dienone is 19. The van der Waals surface area contributed by atoms with E-state index in [1.54, 1.807) is 27.9 Å². The second kappa shape index (κ2) is 12.0. The molecule has 0 amide bonds. The highest BCUT2D eigenvalue weighted by molar-refractivity contribution is 8.01. The van der Waals surface area contributed by atoms with Gasteiger partial charge in [-0.15, -0.1) is 11.8 Å². The molecule has 248 valence electrons. The van der Waals surface area contributed by atoms with Gasteiger partial charge in [0.25, 0.3) is 0 Å². The van der Waals surface area contributed by atoms with Crippen LogP contribution in [0, 0.1) is 11.8 Å². The predicted molar refractivity (Wildman–Crippen MR) is 218 cm³/mol. The third-order valence-corrected chi connectivity index (χ3v) is 14.4. The van der Waals surface area contributed by atoms with Gasteiger partial charge in [-0.1, -0.05) is 134 Å². The van der Waals surface area contributed by atoms with Crippen molar-refractivity contribution in [3.05, 3.63) is 188 Å². The summed E-state index contributed by atoms with van der Waals surface area (Å²) < 4.78 is 0. The van der Waals surface area contributed by atoms with Crippen molar-refractivity contribution in [3.8, 4) is 0 Å². The van der Waals surface area contributed by atoms with E-state index in [9.17, 15) is 0 Å². The average molecular weight is 675 g/mol. The van der Waals surface area contributed by atoms with Gasteiger partial charge < -0.3 is 0 Å². The lowest BCUT2D eigenvalue weighted by Gasteiger charge is -2.34. The summed E-state index contributed by atoms with van der Waals surface area (Å²) in [5.74, 6) is 1.52. The first-order valence-electron chi connectivity index (χ1n) is 19.3. The number of fused-ring (bicyclic) bond motifs is 11. The molecule has 0 spiro atoms. The Bertz CT molecular complexity index is 2400. The van der Waals surface area contributed by atoms with Crippen molar-refractivity contribution in [2.24, 2.45) is 11.8 Å². The minimum absolute atomic E-state index is 0.416. The van der Waals surface area contributed by atoms with E-state index in [0.29, 0.717) is 23.0 Å². The molecule has 11 rings (SSSR count). The summed E-state index contributed by atoms with van der Waals surface area (Å²) in [5, 5.41) is 3.19. The molecule has 1 aliphatic heterocycles. The topological polar surface area (TPSA) is 0 Å². The second-order valence-corrected chi connectivity index (χ2v) is 16.8. The maximum Gasteiger partial charge on any atom is 0.0454 e. The molecule has 0 saturated heterocycles. The van der Waals surface area contributed by atoms with Crippen LogP contribution in [0.1, 0.15) is 78.7 Å². The molecule has 7 aliphatic carbocycles. The Morgan fingerprint density at radius 1 is 0.647 bits per heavy atom. The van der Waals surface area contributed by atoms with Crippen LogP contribution >= 0.6 is 11.8 Å². The lowest BCUT2D eigenvalue weighted by Crippen LogP contribution is -2.20. The van der Waals surface area contributed by atoms with E-state index in [2.05, 4.69) is 145 Å². The van der Waals surface area contributed by atoms with Crippen LogP contribution in [0.4, 0.5) is 0 Å². The van der Waals surface area contributed by atoms with E-state index in [4.69, 9.17) is 0 Å². The molecule has 3 aromatic carbocycles. The minimum atomic E-state index is 0.416. The molecule has 0 saturated carbocycles. The van der Waals surface area contributed by atoms with E-state index < -0.39 is 0 Å². The van der Waals surface area contributed by atoms with Gasteiger partial charge in [0, 0.05) is 22.0 Å². The monoisotopic (exact) mass is 674 g/mol. The van der Waals surface area contributed by atoms with Gasteiger partial charge in [-0.2, -0.15) is 0 Å². The smallest absolute Gasteiger partial charge is 0.0454 e. The Balaban J connectivity index is 0.838. The molecule has 8 aliphatic rings. The van der Waals surface area contributed by atoms with Crippen LogP contribution in [0.15, 0.2) is 165 Å². The number of benzene rings is 3. The van der Waals surface area contributed by atoms with Crippen LogP contribution in [-0.4, -0.2) is 5.25 Å². The van der Waals surface area contributed by atoms with E-state index in [0.717, 1.165) is 25.7 Å². The molecule has 0 fully saturated rings. The van der Waals surface area contributed by atoms with E-state index in [1.165, 1.54) is 85.9 Å². The molecule has 0 N–H and O–H groups in total. The van der Waals surface area contributed by atoms with Crippen LogP contribution < -0.4 is 0 Å². The Kier molecular flexibility index (Phi) is 7.07. The van der Waals surface area contributed by atoms with Gasteiger partial charge in [0.2, 0.25) is 0 Å². The Labute approximate surface area is 306 Å². The molecule has 0 radical (unpaired) electrons. The summed E-state index contributed by atoms with van der Waals surface area (Å²) in [6.07, 6.45) is 43.5. The molecular weight excluding hydrogens is 633 g/mol. The van der Waals surface area contributed by atoms with Crippen molar-refractivity contribution in [1.82, 2.24) is 0 Å². The fourth-order valence-corrected chi connectivity index (χ4v) is 11.8. The van der Waals surface area contributed by atoms with Gasteiger partial charge in [-0.25, -0.2) is 0 Å².